The number of H-pyrrole nitrogens is 1. The van der Waals surface area contributed by atoms with Crippen molar-refractivity contribution in [3.63, 3.8) is 0 Å². The number of aryl methyl sites for hydroxylation is 2. The van der Waals surface area contributed by atoms with Gasteiger partial charge in [0.15, 0.2) is 5.78 Å². The molecule has 0 fully saturated rings. The van der Waals surface area contributed by atoms with E-state index in [1.165, 1.54) is 6.33 Å². The highest BCUT2D eigenvalue weighted by molar-refractivity contribution is 7.12. The zero-order valence-electron chi connectivity index (χ0n) is 17.8. The summed E-state index contributed by atoms with van der Waals surface area (Å²) in [4.78, 5) is 21.9. The Kier molecular flexibility index (Phi) is 4.91. The summed E-state index contributed by atoms with van der Waals surface area (Å²) in [6.45, 7) is 4.06. The van der Waals surface area contributed by atoms with Crippen molar-refractivity contribution in [1.29, 1.82) is 5.26 Å². The number of thiophene rings is 1. The second kappa shape index (κ2) is 7.77. The number of nitrogens with one attached hydrogen (secondary N) is 1. The Morgan fingerprint density at radius 2 is 2.03 bits per heavy atom. The van der Waals surface area contributed by atoms with Gasteiger partial charge in [-0.05, 0) is 43.4 Å². The molecule has 2 aliphatic rings. The molecule has 160 valence electrons. The summed E-state index contributed by atoms with van der Waals surface area (Å²) < 4.78 is 0. The lowest BCUT2D eigenvalue weighted by Gasteiger charge is -2.40. The molecule has 1 aromatic carbocycles. The van der Waals surface area contributed by atoms with Crippen LogP contribution in [0.25, 0.3) is 0 Å². The van der Waals surface area contributed by atoms with Gasteiger partial charge >= 0.3 is 0 Å². The van der Waals surface area contributed by atoms with Crippen LogP contribution in [0.4, 0.5) is 5.95 Å². The number of carbonyl (C=O) groups is 1. The van der Waals surface area contributed by atoms with Crippen LogP contribution >= 0.6 is 11.3 Å². The summed E-state index contributed by atoms with van der Waals surface area (Å²) in [5, 5.41) is 16.9. The number of anilines is 1. The van der Waals surface area contributed by atoms with Crippen molar-refractivity contribution >= 4 is 23.1 Å². The highest BCUT2D eigenvalue weighted by Gasteiger charge is 2.44. The summed E-state index contributed by atoms with van der Waals surface area (Å²) in [6.07, 6.45) is 2.40. The van der Waals surface area contributed by atoms with Crippen molar-refractivity contribution in [2.75, 3.05) is 4.90 Å². The lowest BCUT2D eigenvalue weighted by molar-refractivity contribution is -0.116. The van der Waals surface area contributed by atoms with Crippen molar-refractivity contribution < 1.29 is 4.79 Å². The predicted molar refractivity (Wildman–Crippen MR) is 123 cm³/mol. The molecule has 0 amide bonds. The van der Waals surface area contributed by atoms with E-state index in [1.54, 1.807) is 16.2 Å². The lowest BCUT2D eigenvalue weighted by Crippen LogP contribution is -2.40. The number of hydrogen-bond acceptors (Lipinski definition) is 7. The van der Waals surface area contributed by atoms with E-state index in [9.17, 15) is 10.1 Å². The highest BCUT2D eigenvalue weighted by atomic mass is 32.1. The molecule has 1 aliphatic carbocycles. The molecule has 3 heterocycles. The molecule has 7 nitrogen and oxygen atoms in total. The lowest BCUT2D eigenvalue weighted by atomic mass is 9.72. The molecular formula is C24H22N6OS. The van der Waals surface area contributed by atoms with Crippen LogP contribution in [0.2, 0.25) is 0 Å². The highest BCUT2D eigenvalue weighted by Crippen LogP contribution is 2.49. The number of nitriles is 1. The number of benzene rings is 1. The average Bonchev–Trinajstić information content (AvgIpc) is 3.42. The number of aromatic nitrogens is 3. The van der Waals surface area contributed by atoms with E-state index in [0.29, 0.717) is 29.9 Å². The number of nitrogens with zero attached hydrogens (tertiary/aromatic N) is 4. The number of nitrogens with two attached hydrogens (primary N) is 1. The maximum Gasteiger partial charge on any atom is 0.231 e. The van der Waals surface area contributed by atoms with Crippen LogP contribution in [0.5, 0.6) is 0 Å². The van der Waals surface area contributed by atoms with Crippen molar-refractivity contribution in [2.45, 2.75) is 38.5 Å². The van der Waals surface area contributed by atoms with Gasteiger partial charge in [0, 0.05) is 27.4 Å². The summed E-state index contributed by atoms with van der Waals surface area (Å²) in [5.74, 6) is 0.287. The molecule has 3 aromatic rings. The molecule has 2 unspecified atom stereocenters. The molecule has 8 heteroatoms. The van der Waals surface area contributed by atoms with E-state index < -0.39 is 5.92 Å². The van der Waals surface area contributed by atoms with Crippen LogP contribution in [-0.4, -0.2) is 21.0 Å². The smallest absolute Gasteiger partial charge is 0.231 e. The third-order valence-corrected chi connectivity index (χ3v) is 7.22. The molecule has 5 rings (SSSR count). The third kappa shape index (κ3) is 3.13. The van der Waals surface area contributed by atoms with Crippen LogP contribution < -0.4 is 10.6 Å². The molecule has 32 heavy (non-hydrogen) atoms. The first-order valence-electron chi connectivity index (χ1n) is 10.4. The summed E-state index contributed by atoms with van der Waals surface area (Å²) in [6, 6.07) is 14.4. The fourth-order valence-electron chi connectivity index (χ4n) is 4.89. The number of hydrogen-bond donors (Lipinski definition) is 2. The Bertz CT molecular complexity index is 1300. The third-order valence-electron chi connectivity index (χ3n) is 6.24. The van der Waals surface area contributed by atoms with Crippen LogP contribution in [0.1, 0.15) is 45.6 Å². The van der Waals surface area contributed by atoms with Crippen molar-refractivity contribution in [1.82, 2.24) is 15.2 Å². The standard InChI is InChI=1S/C24H22N6OS/c1-13-8-17(14(2)32-13)21-18(11-25)23(26)30(24-27-12-28-29-24)19-9-16(10-20(31)22(19)21)15-6-4-3-5-7-15/h3-8,12,16,21H,9-10,26H2,1-2H3,(H,27,28,29). The normalized spacial score (nSPS) is 21.0. The van der Waals surface area contributed by atoms with Gasteiger partial charge in [-0.15, -0.1) is 11.3 Å². The van der Waals surface area contributed by atoms with Gasteiger partial charge in [-0.1, -0.05) is 30.3 Å². The summed E-state index contributed by atoms with van der Waals surface area (Å²) in [5.41, 5.74) is 10.5. The van der Waals surface area contributed by atoms with E-state index >= 15 is 0 Å². The number of aromatic amines is 1. The molecule has 1 aliphatic heterocycles. The maximum atomic E-state index is 13.7. The van der Waals surface area contributed by atoms with E-state index in [1.807, 2.05) is 32.0 Å². The van der Waals surface area contributed by atoms with E-state index in [2.05, 4.69) is 39.4 Å². The van der Waals surface area contributed by atoms with Gasteiger partial charge in [-0.2, -0.15) is 15.3 Å². The zero-order chi connectivity index (χ0) is 22.4. The SMILES string of the molecule is Cc1cc(C2C(C#N)=C(N)N(c3ncn[nH]3)C3=C2C(=O)CC(c2ccccc2)C3)c(C)s1. The van der Waals surface area contributed by atoms with E-state index in [-0.39, 0.29) is 17.5 Å². The van der Waals surface area contributed by atoms with Crippen LogP contribution in [-0.2, 0) is 4.79 Å². The Balaban J connectivity index is 1.73. The number of Topliss-reactive ketones (excluding diaryl/α,β-unsaturated/α-hetero) is 1. The molecule has 2 atom stereocenters. The van der Waals surface area contributed by atoms with Crippen LogP contribution in [0, 0.1) is 25.2 Å². The quantitative estimate of drug-likeness (QED) is 0.629. The first-order valence-corrected chi connectivity index (χ1v) is 11.2. The van der Waals surface area contributed by atoms with Crippen LogP contribution in [0.15, 0.2) is 65.4 Å². The van der Waals surface area contributed by atoms with Crippen LogP contribution in [0.3, 0.4) is 0 Å². The molecule has 0 spiro atoms. The van der Waals surface area contributed by atoms with Gasteiger partial charge in [0.25, 0.3) is 0 Å². The van der Waals surface area contributed by atoms with Gasteiger partial charge in [0.1, 0.15) is 12.1 Å². The minimum Gasteiger partial charge on any atom is -0.384 e. The van der Waals surface area contributed by atoms with Gasteiger partial charge in [-0.25, -0.2) is 5.10 Å². The minimum absolute atomic E-state index is 0.0234. The van der Waals surface area contributed by atoms with Crippen molar-refractivity contribution in [3.05, 3.63) is 86.3 Å². The van der Waals surface area contributed by atoms with E-state index in [4.69, 9.17) is 5.73 Å². The number of ketones is 1. The van der Waals surface area contributed by atoms with Gasteiger partial charge in [-0.3, -0.25) is 9.69 Å². The van der Waals surface area contributed by atoms with Gasteiger partial charge in [0.05, 0.1) is 17.6 Å². The average molecular weight is 443 g/mol. The minimum atomic E-state index is -0.469. The first-order chi connectivity index (χ1) is 15.5. The second-order valence-electron chi connectivity index (χ2n) is 8.16. The van der Waals surface area contributed by atoms with Crippen molar-refractivity contribution in [3.8, 4) is 6.07 Å². The zero-order valence-corrected chi connectivity index (χ0v) is 18.6. The monoisotopic (exact) mass is 442 g/mol. The topological polar surface area (TPSA) is 112 Å². The fraction of sp³-hybridized carbons (Fsp3) is 0.250. The molecule has 0 saturated heterocycles. The molecular weight excluding hydrogens is 420 g/mol. The molecule has 2 aromatic heterocycles. The first kappa shape index (κ1) is 20.2. The predicted octanol–water partition coefficient (Wildman–Crippen LogP) is 4.18. The molecule has 0 bridgehead atoms. The number of carbonyl (C=O) groups excluding carboxylic acids is 1. The van der Waals surface area contributed by atoms with E-state index in [0.717, 1.165) is 26.6 Å². The fourth-order valence-corrected chi connectivity index (χ4v) is 5.85. The van der Waals surface area contributed by atoms with Gasteiger partial charge in [0.2, 0.25) is 5.95 Å². The number of rotatable bonds is 3. The summed E-state index contributed by atoms with van der Waals surface area (Å²) >= 11 is 1.66. The van der Waals surface area contributed by atoms with Crippen molar-refractivity contribution in [2.24, 2.45) is 5.73 Å². The Morgan fingerprint density at radius 3 is 2.66 bits per heavy atom. The molecule has 0 radical (unpaired) electrons. The largest absolute Gasteiger partial charge is 0.384 e. The second-order valence-corrected chi connectivity index (χ2v) is 9.62. The number of allylic oxidation sites excluding steroid dienone is 3. The maximum absolute atomic E-state index is 13.7. The van der Waals surface area contributed by atoms with Gasteiger partial charge < -0.3 is 5.73 Å². The Morgan fingerprint density at radius 1 is 1.25 bits per heavy atom. The summed E-state index contributed by atoms with van der Waals surface area (Å²) in [7, 11) is 0. The Labute approximate surface area is 189 Å². The molecule has 0 saturated carbocycles. The molecule has 3 N–H and O–H groups in total. The Hall–Kier alpha value is -3.70.